The number of hydrogen-bond acceptors (Lipinski definition) is 5. The number of anilines is 1. The molecule has 0 fully saturated rings. The highest BCUT2D eigenvalue weighted by Gasteiger charge is 2.08. The van der Waals surface area contributed by atoms with Crippen molar-refractivity contribution in [2.24, 2.45) is 0 Å². The highest BCUT2D eigenvalue weighted by atomic mass is 15.3. The van der Waals surface area contributed by atoms with Gasteiger partial charge in [0.25, 0.3) is 5.78 Å². The Bertz CT molecular complexity index is 934. The van der Waals surface area contributed by atoms with Crippen molar-refractivity contribution in [3.8, 4) is 11.3 Å². The van der Waals surface area contributed by atoms with Crippen LogP contribution in [0.1, 0.15) is 5.56 Å². The van der Waals surface area contributed by atoms with Gasteiger partial charge < -0.3 is 5.32 Å². The first-order valence-corrected chi connectivity index (χ1v) is 7.79. The lowest BCUT2D eigenvalue weighted by Crippen LogP contribution is -2.10. The third kappa shape index (κ3) is 2.94. The topological polar surface area (TPSA) is 68.0 Å². The van der Waals surface area contributed by atoms with E-state index in [9.17, 15) is 0 Å². The summed E-state index contributed by atoms with van der Waals surface area (Å²) in [5, 5.41) is 7.68. The van der Waals surface area contributed by atoms with Crippen LogP contribution in [0, 0.1) is 0 Å². The average Bonchev–Trinajstić information content (AvgIpc) is 3.12. The van der Waals surface area contributed by atoms with E-state index in [4.69, 9.17) is 0 Å². The Balaban J connectivity index is 1.60. The zero-order chi connectivity index (χ0) is 16.2. The van der Waals surface area contributed by atoms with Crippen LogP contribution in [0.3, 0.4) is 0 Å². The second kappa shape index (κ2) is 6.45. The predicted molar refractivity (Wildman–Crippen MR) is 92.6 cm³/mol. The van der Waals surface area contributed by atoms with Crippen molar-refractivity contribution >= 4 is 11.6 Å². The zero-order valence-corrected chi connectivity index (χ0v) is 13.0. The van der Waals surface area contributed by atoms with Gasteiger partial charge in [-0.1, -0.05) is 30.3 Å². The maximum absolute atomic E-state index is 4.57. The fraction of sp³-hybridized carbons (Fsp3) is 0.111. The number of hydrogen-bond donors (Lipinski definition) is 1. The van der Waals surface area contributed by atoms with Crippen molar-refractivity contribution < 1.29 is 0 Å². The SMILES string of the molecule is c1ccc(-c2cc(NCCc3ccncc3)n3ncnc3n2)cc1. The number of pyridine rings is 1. The Morgan fingerprint density at radius 1 is 1.00 bits per heavy atom. The van der Waals surface area contributed by atoms with Gasteiger partial charge >= 0.3 is 0 Å². The van der Waals surface area contributed by atoms with Gasteiger partial charge in [-0.25, -0.2) is 4.98 Å². The first-order chi connectivity index (χ1) is 11.9. The molecule has 6 heteroatoms. The van der Waals surface area contributed by atoms with E-state index in [1.54, 1.807) is 4.52 Å². The summed E-state index contributed by atoms with van der Waals surface area (Å²) >= 11 is 0. The minimum Gasteiger partial charge on any atom is -0.370 e. The molecule has 0 atom stereocenters. The van der Waals surface area contributed by atoms with E-state index in [0.717, 1.165) is 30.0 Å². The molecule has 3 aromatic heterocycles. The molecule has 0 spiro atoms. The molecule has 1 aromatic carbocycles. The van der Waals surface area contributed by atoms with Gasteiger partial charge in [-0.15, -0.1) is 0 Å². The fourth-order valence-electron chi connectivity index (χ4n) is 2.58. The molecule has 0 radical (unpaired) electrons. The number of aromatic nitrogens is 5. The molecule has 118 valence electrons. The Labute approximate surface area is 139 Å². The lowest BCUT2D eigenvalue weighted by Gasteiger charge is -2.10. The molecule has 0 amide bonds. The van der Waals surface area contributed by atoms with Crippen molar-refractivity contribution in [3.05, 3.63) is 72.8 Å². The molecule has 0 saturated carbocycles. The van der Waals surface area contributed by atoms with Crippen LogP contribution in [0.5, 0.6) is 0 Å². The van der Waals surface area contributed by atoms with Crippen LogP contribution in [-0.4, -0.2) is 31.1 Å². The quantitative estimate of drug-likeness (QED) is 0.613. The number of benzene rings is 1. The van der Waals surface area contributed by atoms with Crippen molar-refractivity contribution in [1.82, 2.24) is 24.6 Å². The van der Waals surface area contributed by atoms with Crippen LogP contribution in [0.2, 0.25) is 0 Å². The maximum atomic E-state index is 4.57. The van der Waals surface area contributed by atoms with Gasteiger partial charge in [-0.3, -0.25) is 4.98 Å². The molecule has 6 nitrogen and oxygen atoms in total. The third-order valence-electron chi connectivity index (χ3n) is 3.79. The van der Waals surface area contributed by atoms with E-state index in [0.29, 0.717) is 5.78 Å². The van der Waals surface area contributed by atoms with Crippen molar-refractivity contribution in [1.29, 1.82) is 0 Å². The van der Waals surface area contributed by atoms with Crippen molar-refractivity contribution in [3.63, 3.8) is 0 Å². The van der Waals surface area contributed by atoms with Gasteiger partial charge in [-0.05, 0) is 24.1 Å². The number of nitrogens with zero attached hydrogens (tertiary/aromatic N) is 5. The van der Waals surface area contributed by atoms with Gasteiger partial charge in [0.2, 0.25) is 0 Å². The van der Waals surface area contributed by atoms with Crippen LogP contribution in [0.15, 0.2) is 67.3 Å². The minimum absolute atomic E-state index is 0.586. The molecular formula is C18H16N6. The molecule has 1 N–H and O–H groups in total. The van der Waals surface area contributed by atoms with E-state index >= 15 is 0 Å². The number of rotatable bonds is 5. The lowest BCUT2D eigenvalue weighted by molar-refractivity contribution is 0.913. The average molecular weight is 316 g/mol. The van der Waals surface area contributed by atoms with Gasteiger partial charge in [0, 0.05) is 30.6 Å². The Kier molecular flexibility index (Phi) is 3.85. The minimum atomic E-state index is 0.586. The van der Waals surface area contributed by atoms with Gasteiger partial charge in [-0.2, -0.15) is 14.6 Å². The van der Waals surface area contributed by atoms with Crippen molar-refractivity contribution in [2.45, 2.75) is 6.42 Å². The largest absolute Gasteiger partial charge is 0.370 e. The molecule has 3 heterocycles. The van der Waals surface area contributed by atoms with Gasteiger partial charge in [0.05, 0.1) is 5.69 Å². The first kappa shape index (κ1) is 14.3. The second-order valence-electron chi connectivity index (χ2n) is 5.40. The predicted octanol–water partition coefficient (Wildman–Crippen LogP) is 2.84. The highest BCUT2D eigenvalue weighted by molar-refractivity contribution is 5.65. The summed E-state index contributed by atoms with van der Waals surface area (Å²) in [6.07, 6.45) is 6.04. The molecular weight excluding hydrogens is 300 g/mol. The second-order valence-corrected chi connectivity index (χ2v) is 5.40. The fourth-order valence-corrected chi connectivity index (χ4v) is 2.58. The molecule has 0 aliphatic carbocycles. The van der Waals surface area contributed by atoms with E-state index in [1.165, 1.54) is 11.9 Å². The first-order valence-electron chi connectivity index (χ1n) is 7.79. The normalized spacial score (nSPS) is 10.8. The van der Waals surface area contributed by atoms with E-state index in [2.05, 4.69) is 25.4 Å². The summed E-state index contributed by atoms with van der Waals surface area (Å²) in [6.45, 7) is 0.789. The van der Waals surface area contributed by atoms with E-state index in [-0.39, 0.29) is 0 Å². The lowest BCUT2D eigenvalue weighted by atomic mass is 10.1. The molecule has 24 heavy (non-hydrogen) atoms. The summed E-state index contributed by atoms with van der Waals surface area (Å²) < 4.78 is 1.72. The molecule has 0 bridgehead atoms. The number of nitrogens with one attached hydrogen (secondary N) is 1. The van der Waals surface area contributed by atoms with Gasteiger partial charge in [0.1, 0.15) is 12.1 Å². The maximum Gasteiger partial charge on any atom is 0.254 e. The zero-order valence-electron chi connectivity index (χ0n) is 13.0. The van der Waals surface area contributed by atoms with Gasteiger partial charge in [0.15, 0.2) is 0 Å². The monoisotopic (exact) mass is 316 g/mol. The van der Waals surface area contributed by atoms with Crippen LogP contribution >= 0.6 is 0 Å². The Morgan fingerprint density at radius 3 is 2.67 bits per heavy atom. The molecule has 0 saturated heterocycles. The van der Waals surface area contributed by atoms with Crippen LogP contribution in [0.25, 0.3) is 17.0 Å². The molecule has 0 unspecified atom stereocenters. The van der Waals surface area contributed by atoms with Crippen LogP contribution in [-0.2, 0) is 6.42 Å². The summed E-state index contributed by atoms with van der Waals surface area (Å²) in [5.41, 5.74) is 3.17. The number of fused-ring (bicyclic) bond motifs is 1. The highest BCUT2D eigenvalue weighted by Crippen LogP contribution is 2.21. The smallest absolute Gasteiger partial charge is 0.254 e. The van der Waals surface area contributed by atoms with E-state index in [1.807, 2.05) is 60.9 Å². The van der Waals surface area contributed by atoms with Crippen LogP contribution < -0.4 is 5.32 Å². The van der Waals surface area contributed by atoms with E-state index < -0.39 is 0 Å². The van der Waals surface area contributed by atoms with Crippen molar-refractivity contribution in [2.75, 3.05) is 11.9 Å². The van der Waals surface area contributed by atoms with Crippen LogP contribution in [0.4, 0.5) is 5.82 Å². The summed E-state index contributed by atoms with van der Waals surface area (Å²) in [4.78, 5) is 12.8. The summed E-state index contributed by atoms with van der Waals surface area (Å²) in [6, 6.07) is 16.1. The Morgan fingerprint density at radius 2 is 1.83 bits per heavy atom. The molecule has 0 aliphatic heterocycles. The molecule has 4 aromatic rings. The standard InChI is InChI=1S/C18H16N6/c1-2-4-15(5-3-1)16-12-17(24-18(23-16)21-13-22-24)20-11-8-14-6-9-19-10-7-14/h1-7,9-10,12-13,20H,8,11H2. The molecule has 0 aliphatic rings. The Hall–Kier alpha value is -3.28. The summed E-state index contributed by atoms with van der Waals surface area (Å²) in [7, 11) is 0. The third-order valence-corrected chi connectivity index (χ3v) is 3.79. The molecule has 4 rings (SSSR count). The summed E-state index contributed by atoms with van der Waals surface area (Å²) in [5.74, 6) is 1.47.